The first-order valence-electron chi connectivity index (χ1n) is 8.93. The van der Waals surface area contributed by atoms with Gasteiger partial charge in [-0.1, -0.05) is 29.5 Å². The van der Waals surface area contributed by atoms with Gasteiger partial charge in [0.15, 0.2) is 0 Å². The van der Waals surface area contributed by atoms with E-state index < -0.39 is 0 Å². The van der Waals surface area contributed by atoms with Crippen LogP contribution in [0.4, 0.5) is 9.52 Å². The van der Waals surface area contributed by atoms with E-state index in [1.54, 1.807) is 29.8 Å². The van der Waals surface area contributed by atoms with Gasteiger partial charge in [0.2, 0.25) is 5.13 Å². The third kappa shape index (κ3) is 3.46. The molecule has 1 aromatic carbocycles. The van der Waals surface area contributed by atoms with Crippen LogP contribution in [-0.2, 0) is 13.0 Å². The summed E-state index contributed by atoms with van der Waals surface area (Å²) >= 11 is 1.55. The summed E-state index contributed by atoms with van der Waals surface area (Å²) in [5, 5.41) is 18.8. The van der Waals surface area contributed by atoms with Crippen LogP contribution < -0.4 is 4.90 Å². The predicted octanol–water partition coefficient (Wildman–Crippen LogP) is 3.26. The van der Waals surface area contributed by atoms with Crippen LogP contribution in [0, 0.1) is 5.82 Å². The number of piperidine rings is 1. The lowest BCUT2D eigenvalue weighted by Gasteiger charge is -2.31. The molecule has 0 N–H and O–H groups in total. The standard InChI is InChI=1S/C18H21FN6S/c1-2-24-12-20-22-17(24)14-7-5-9-25(11-14)18-23-21-16(26-18)10-13-6-3-4-8-15(13)19/h3-4,6,8,12,14H,2,5,7,9-11H2,1H3. The highest BCUT2D eigenvalue weighted by atomic mass is 32.1. The topological polar surface area (TPSA) is 59.7 Å². The molecule has 1 aliphatic heterocycles. The van der Waals surface area contributed by atoms with Gasteiger partial charge in [-0.15, -0.1) is 20.4 Å². The molecule has 0 amide bonds. The largest absolute Gasteiger partial charge is 0.346 e. The number of hydrogen-bond acceptors (Lipinski definition) is 6. The normalized spacial score (nSPS) is 17.6. The second-order valence-corrected chi connectivity index (χ2v) is 7.55. The van der Waals surface area contributed by atoms with Crippen molar-refractivity contribution in [3.05, 3.63) is 52.8 Å². The average Bonchev–Trinajstić information content (AvgIpc) is 3.33. The Hall–Kier alpha value is -2.35. The number of aromatic nitrogens is 5. The Morgan fingerprint density at radius 3 is 2.96 bits per heavy atom. The molecule has 1 aliphatic rings. The third-order valence-electron chi connectivity index (χ3n) is 4.80. The van der Waals surface area contributed by atoms with Crippen LogP contribution in [0.15, 0.2) is 30.6 Å². The zero-order valence-electron chi connectivity index (χ0n) is 14.7. The van der Waals surface area contributed by atoms with Crippen molar-refractivity contribution in [1.29, 1.82) is 0 Å². The Morgan fingerprint density at radius 1 is 1.23 bits per heavy atom. The number of anilines is 1. The van der Waals surface area contributed by atoms with Crippen LogP contribution in [0.2, 0.25) is 0 Å². The first kappa shape index (κ1) is 17.1. The van der Waals surface area contributed by atoms with Crippen molar-refractivity contribution < 1.29 is 4.39 Å². The highest BCUT2D eigenvalue weighted by Gasteiger charge is 2.27. The lowest BCUT2D eigenvalue weighted by molar-refractivity contribution is 0.472. The van der Waals surface area contributed by atoms with Crippen molar-refractivity contribution in [2.24, 2.45) is 0 Å². The van der Waals surface area contributed by atoms with Gasteiger partial charge in [-0.25, -0.2) is 4.39 Å². The first-order chi connectivity index (χ1) is 12.7. The van der Waals surface area contributed by atoms with Gasteiger partial charge < -0.3 is 9.47 Å². The molecule has 1 atom stereocenters. The van der Waals surface area contributed by atoms with Gasteiger partial charge in [-0.3, -0.25) is 0 Å². The van der Waals surface area contributed by atoms with Crippen LogP contribution in [0.3, 0.4) is 0 Å². The minimum atomic E-state index is -0.193. The molecule has 1 unspecified atom stereocenters. The van der Waals surface area contributed by atoms with E-state index in [0.29, 0.717) is 17.9 Å². The Kier molecular flexibility index (Phi) is 4.92. The third-order valence-corrected chi connectivity index (χ3v) is 5.78. The van der Waals surface area contributed by atoms with Gasteiger partial charge in [-0.2, -0.15) is 0 Å². The smallest absolute Gasteiger partial charge is 0.208 e. The van der Waals surface area contributed by atoms with E-state index in [9.17, 15) is 4.39 Å². The Labute approximate surface area is 155 Å². The molecule has 3 aromatic rings. The van der Waals surface area contributed by atoms with Crippen LogP contribution in [0.1, 0.15) is 42.1 Å². The number of rotatable bonds is 5. The zero-order chi connectivity index (χ0) is 17.9. The molecule has 8 heteroatoms. The summed E-state index contributed by atoms with van der Waals surface area (Å²) in [6, 6.07) is 6.83. The predicted molar refractivity (Wildman–Crippen MR) is 99.0 cm³/mol. The molecule has 2 aromatic heterocycles. The first-order valence-corrected chi connectivity index (χ1v) is 9.74. The molecule has 4 rings (SSSR count). The van der Waals surface area contributed by atoms with Crippen molar-refractivity contribution in [1.82, 2.24) is 25.0 Å². The monoisotopic (exact) mass is 372 g/mol. The minimum absolute atomic E-state index is 0.193. The van der Waals surface area contributed by atoms with Gasteiger partial charge in [0.05, 0.1) is 0 Å². The molecule has 0 aliphatic carbocycles. The lowest BCUT2D eigenvalue weighted by atomic mass is 9.97. The maximum Gasteiger partial charge on any atom is 0.208 e. The molecular formula is C18H21FN6S. The molecule has 136 valence electrons. The molecule has 26 heavy (non-hydrogen) atoms. The summed E-state index contributed by atoms with van der Waals surface area (Å²) in [6.07, 6.45) is 4.47. The van der Waals surface area contributed by atoms with Crippen molar-refractivity contribution in [2.75, 3.05) is 18.0 Å². The number of aryl methyl sites for hydroxylation is 1. The van der Waals surface area contributed by atoms with E-state index in [4.69, 9.17) is 0 Å². The summed E-state index contributed by atoms with van der Waals surface area (Å²) in [4.78, 5) is 2.27. The molecule has 0 spiro atoms. The fraction of sp³-hybridized carbons (Fsp3) is 0.444. The second kappa shape index (κ2) is 7.49. The molecular weight excluding hydrogens is 351 g/mol. The average molecular weight is 372 g/mol. The second-order valence-electron chi connectivity index (χ2n) is 6.51. The van der Waals surface area contributed by atoms with E-state index in [-0.39, 0.29) is 5.82 Å². The molecule has 1 saturated heterocycles. The molecule has 3 heterocycles. The van der Waals surface area contributed by atoms with E-state index in [1.165, 1.54) is 6.07 Å². The summed E-state index contributed by atoms with van der Waals surface area (Å²) in [5.41, 5.74) is 0.655. The van der Waals surface area contributed by atoms with Gasteiger partial charge in [0.1, 0.15) is 23.0 Å². The van der Waals surface area contributed by atoms with Crippen molar-refractivity contribution >= 4 is 16.5 Å². The Bertz CT molecular complexity index is 876. The van der Waals surface area contributed by atoms with Gasteiger partial charge in [0, 0.05) is 32.0 Å². The highest BCUT2D eigenvalue weighted by molar-refractivity contribution is 7.15. The van der Waals surface area contributed by atoms with Crippen LogP contribution in [0.5, 0.6) is 0 Å². The van der Waals surface area contributed by atoms with E-state index in [2.05, 4.69) is 36.8 Å². The number of benzene rings is 1. The molecule has 6 nitrogen and oxygen atoms in total. The zero-order valence-corrected chi connectivity index (χ0v) is 15.5. The van der Waals surface area contributed by atoms with Crippen LogP contribution >= 0.6 is 11.3 Å². The van der Waals surface area contributed by atoms with Crippen LogP contribution in [0.25, 0.3) is 0 Å². The fourth-order valence-electron chi connectivity index (χ4n) is 3.43. The summed E-state index contributed by atoms with van der Waals surface area (Å²) in [6.45, 7) is 4.82. The lowest BCUT2D eigenvalue weighted by Crippen LogP contribution is -2.35. The van der Waals surface area contributed by atoms with Gasteiger partial charge in [0.25, 0.3) is 0 Å². The minimum Gasteiger partial charge on any atom is -0.346 e. The van der Waals surface area contributed by atoms with E-state index in [0.717, 1.165) is 48.4 Å². The molecule has 1 fully saturated rings. The summed E-state index contributed by atoms with van der Waals surface area (Å²) in [5.74, 6) is 1.21. The number of nitrogens with zero attached hydrogens (tertiary/aromatic N) is 6. The summed E-state index contributed by atoms with van der Waals surface area (Å²) in [7, 11) is 0. The van der Waals surface area contributed by atoms with Crippen molar-refractivity contribution in [2.45, 2.75) is 38.6 Å². The highest BCUT2D eigenvalue weighted by Crippen LogP contribution is 2.31. The van der Waals surface area contributed by atoms with E-state index >= 15 is 0 Å². The Morgan fingerprint density at radius 2 is 2.12 bits per heavy atom. The number of hydrogen-bond donors (Lipinski definition) is 0. The maximum absolute atomic E-state index is 13.8. The SMILES string of the molecule is CCn1cnnc1C1CCCN(c2nnc(Cc3ccccc3F)s2)C1. The van der Waals surface area contributed by atoms with Gasteiger partial charge >= 0.3 is 0 Å². The van der Waals surface area contributed by atoms with Crippen molar-refractivity contribution in [3.8, 4) is 0 Å². The molecule has 0 bridgehead atoms. The van der Waals surface area contributed by atoms with Gasteiger partial charge in [-0.05, 0) is 31.4 Å². The number of halogens is 1. The van der Waals surface area contributed by atoms with Crippen LogP contribution in [-0.4, -0.2) is 38.1 Å². The quantitative estimate of drug-likeness (QED) is 0.688. The molecule has 0 saturated carbocycles. The summed E-state index contributed by atoms with van der Waals surface area (Å²) < 4.78 is 16.0. The van der Waals surface area contributed by atoms with E-state index in [1.807, 2.05) is 6.07 Å². The fourth-order valence-corrected chi connectivity index (χ4v) is 4.33. The maximum atomic E-state index is 13.8. The molecule has 0 radical (unpaired) electrons. The van der Waals surface area contributed by atoms with Crippen molar-refractivity contribution in [3.63, 3.8) is 0 Å². The Balaban J connectivity index is 1.48.